The Morgan fingerprint density at radius 1 is 0.340 bits per heavy atom. The standard InChI is InChI=1S/C47H31N3/c1-3-12-35(13-4-1)43-31-44(50-47(49-43)39-14-5-2-6-15-39)36-24-20-33(21-25-36)41-29-28-32-11-7-8-18-40(32)45(41)37-26-22-34(23-27-37)42-19-9-16-38-17-10-30-48-46(38)42/h1-31H. The summed E-state index contributed by atoms with van der Waals surface area (Å²) in [6.45, 7) is 0. The van der Waals surface area contributed by atoms with Crippen molar-refractivity contribution in [2.45, 2.75) is 0 Å². The Morgan fingerprint density at radius 3 is 1.64 bits per heavy atom. The van der Waals surface area contributed by atoms with Gasteiger partial charge in [-0.1, -0.05) is 170 Å². The van der Waals surface area contributed by atoms with E-state index >= 15 is 0 Å². The molecule has 7 aromatic carbocycles. The Balaban J connectivity index is 1.13. The smallest absolute Gasteiger partial charge is 0.160 e. The SMILES string of the molecule is c1ccc(-c2cc(-c3ccc(-c4ccc5ccccc5c4-c4ccc(-c5cccc6cccnc56)cc4)cc3)nc(-c3ccccc3)n2)cc1. The molecule has 0 saturated carbocycles. The Labute approximate surface area is 291 Å². The number of hydrogen-bond acceptors (Lipinski definition) is 3. The topological polar surface area (TPSA) is 38.7 Å². The third-order valence-electron chi connectivity index (χ3n) is 9.37. The molecule has 0 aliphatic rings. The number of nitrogens with zero attached hydrogens (tertiary/aromatic N) is 3. The largest absolute Gasteiger partial charge is 0.256 e. The van der Waals surface area contributed by atoms with Gasteiger partial charge in [0.1, 0.15) is 0 Å². The van der Waals surface area contributed by atoms with Crippen molar-refractivity contribution in [3.05, 3.63) is 188 Å². The number of rotatable bonds is 6. The van der Waals surface area contributed by atoms with Crippen LogP contribution in [0.25, 0.3) is 89.0 Å². The second-order valence-electron chi connectivity index (χ2n) is 12.4. The zero-order chi connectivity index (χ0) is 33.3. The normalized spacial score (nSPS) is 11.2. The number of para-hydroxylation sites is 1. The van der Waals surface area contributed by atoms with Crippen molar-refractivity contribution >= 4 is 21.7 Å². The van der Waals surface area contributed by atoms with Gasteiger partial charge in [-0.25, -0.2) is 9.97 Å². The molecule has 0 atom stereocenters. The molecule has 2 heterocycles. The highest BCUT2D eigenvalue weighted by molar-refractivity contribution is 6.04. The molecule has 3 nitrogen and oxygen atoms in total. The molecule has 0 amide bonds. The van der Waals surface area contributed by atoms with Crippen molar-refractivity contribution in [3.8, 4) is 67.3 Å². The molecule has 2 aromatic heterocycles. The predicted molar refractivity (Wildman–Crippen MR) is 207 cm³/mol. The van der Waals surface area contributed by atoms with Crippen LogP contribution in [0.5, 0.6) is 0 Å². The maximum absolute atomic E-state index is 5.04. The molecular formula is C47H31N3. The molecule has 0 saturated heterocycles. The van der Waals surface area contributed by atoms with Crippen LogP contribution in [0.2, 0.25) is 0 Å². The van der Waals surface area contributed by atoms with E-state index in [1.165, 1.54) is 27.5 Å². The van der Waals surface area contributed by atoms with Gasteiger partial charge in [-0.05, 0) is 50.7 Å². The summed E-state index contributed by atoms with van der Waals surface area (Å²) < 4.78 is 0. The maximum atomic E-state index is 5.04. The van der Waals surface area contributed by atoms with E-state index in [2.05, 4.69) is 140 Å². The minimum atomic E-state index is 0.713. The van der Waals surface area contributed by atoms with Crippen LogP contribution in [0, 0.1) is 0 Å². The molecule has 9 aromatic rings. The molecule has 0 spiro atoms. The van der Waals surface area contributed by atoms with E-state index in [0.717, 1.165) is 55.7 Å². The highest BCUT2D eigenvalue weighted by atomic mass is 14.9. The van der Waals surface area contributed by atoms with Crippen LogP contribution in [0.15, 0.2) is 188 Å². The molecule has 0 aliphatic carbocycles. The first-order chi connectivity index (χ1) is 24.8. The number of aromatic nitrogens is 3. The lowest BCUT2D eigenvalue weighted by Gasteiger charge is -2.16. The van der Waals surface area contributed by atoms with Crippen molar-refractivity contribution in [2.75, 3.05) is 0 Å². The Kier molecular flexibility index (Phi) is 7.49. The molecule has 50 heavy (non-hydrogen) atoms. The van der Waals surface area contributed by atoms with Crippen molar-refractivity contribution in [2.24, 2.45) is 0 Å². The molecule has 0 fully saturated rings. The van der Waals surface area contributed by atoms with Gasteiger partial charge in [-0.15, -0.1) is 0 Å². The van der Waals surface area contributed by atoms with Gasteiger partial charge in [0, 0.05) is 33.8 Å². The van der Waals surface area contributed by atoms with Gasteiger partial charge >= 0.3 is 0 Å². The van der Waals surface area contributed by atoms with E-state index in [0.29, 0.717) is 5.82 Å². The van der Waals surface area contributed by atoms with Crippen molar-refractivity contribution in [1.29, 1.82) is 0 Å². The minimum absolute atomic E-state index is 0.713. The van der Waals surface area contributed by atoms with E-state index < -0.39 is 0 Å². The first-order valence-electron chi connectivity index (χ1n) is 16.9. The summed E-state index contributed by atoms with van der Waals surface area (Å²) in [6.07, 6.45) is 1.86. The summed E-state index contributed by atoms with van der Waals surface area (Å²) in [6, 6.07) is 63.9. The highest BCUT2D eigenvalue weighted by Crippen LogP contribution is 2.40. The van der Waals surface area contributed by atoms with Crippen molar-refractivity contribution < 1.29 is 0 Å². The Hall–Kier alpha value is -6.71. The number of fused-ring (bicyclic) bond motifs is 2. The summed E-state index contributed by atoms with van der Waals surface area (Å²) in [5, 5.41) is 3.58. The third-order valence-corrected chi connectivity index (χ3v) is 9.37. The van der Waals surface area contributed by atoms with E-state index in [-0.39, 0.29) is 0 Å². The lowest BCUT2D eigenvalue weighted by atomic mass is 9.88. The molecule has 3 heteroatoms. The zero-order valence-electron chi connectivity index (χ0n) is 27.2. The van der Waals surface area contributed by atoms with Crippen LogP contribution in [0.1, 0.15) is 0 Å². The van der Waals surface area contributed by atoms with Crippen molar-refractivity contribution in [1.82, 2.24) is 15.0 Å². The average molecular weight is 638 g/mol. The first kappa shape index (κ1) is 29.4. The lowest BCUT2D eigenvalue weighted by Crippen LogP contribution is -1.96. The monoisotopic (exact) mass is 637 g/mol. The summed E-state index contributed by atoms with van der Waals surface area (Å²) in [7, 11) is 0. The lowest BCUT2D eigenvalue weighted by molar-refractivity contribution is 1.18. The van der Waals surface area contributed by atoms with Crippen LogP contribution >= 0.6 is 0 Å². The summed E-state index contributed by atoms with van der Waals surface area (Å²) in [5.41, 5.74) is 12.9. The van der Waals surface area contributed by atoms with Crippen LogP contribution in [-0.4, -0.2) is 15.0 Å². The molecule has 0 aliphatic heterocycles. The molecule has 9 rings (SSSR count). The van der Waals surface area contributed by atoms with Gasteiger partial charge < -0.3 is 0 Å². The summed E-state index contributed by atoms with van der Waals surface area (Å²) in [5.74, 6) is 0.713. The molecule has 0 unspecified atom stereocenters. The average Bonchev–Trinajstić information content (AvgIpc) is 3.21. The number of benzene rings is 7. The quantitative estimate of drug-likeness (QED) is 0.182. The van der Waals surface area contributed by atoms with E-state index in [1.807, 2.05) is 48.7 Å². The number of pyridine rings is 1. The Morgan fingerprint density at radius 2 is 0.900 bits per heavy atom. The second kappa shape index (κ2) is 12.7. The predicted octanol–water partition coefficient (Wildman–Crippen LogP) is 12.2. The van der Waals surface area contributed by atoms with E-state index in [9.17, 15) is 0 Å². The highest BCUT2D eigenvalue weighted by Gasteiger charge is 2.15. The summed E-state index contributed by atoms with van der Waals surface area (Å²) >= 11 is 0. The van der Waals surface area contributed by atoms with Crippen LogP contribution < -0.4 is 0 Å². The molecule has 234 valence electrons. The van der Waals surface area contributed by atoms with E-state index in [1.54, 1.807) is 0 Å². The van der Waals surface area contributed by atoms with Gasteiger partial charge in [-0.2, -0.15) is 0 Å². The van der Waals surface area contributed by atoms with Crippen LogP contribution in [0.4, 0.5) is 0 Å². The molecule has 0 radical (unpaired) electrons. The maximum Gasteiger partial charge on any atom is 0.160 e. The fourth-order valence-corrected chi connectivity index (χ4v) is 6.87. The van der Waals surface area contributed by atoms with E-state index in [4.69, 9.17) is 15.0 Å². The van der Waals surface area contributed by atoms with Gasteiger partial charge in [0.15, 0.2) is 5.82 Å². The van der Waals surface area contributed by atoms with Gasteiger partial charge in [0.05, 0.1) is 16.9 Å². The molecule has 0 N–H and O–H groups in total. The van der Waals surface area contributed by atoms with Crippen molar-refractivity contribution in [3.63, 3.8) is 0 Å². The fraction of sp³-hybridized carbons (Fsp3) is 0. The van der Waals surface area contributed by atoms with Gasteiger partial charge in [0.25, 0.3) is 0 Å². The molecular weight excluding hydrogens is 607 g/mol. The minimum Gasteiger partial charge on any atom is -0.256 e. The third kappa shape index (κ3) is 5.51. The number of hydrogen-bond donors (Lipinski definition) is 0. The van der Waals surface area contributed by atoms with Gasteiger partial charge in [0.2, 0.25) is 0 Å². The molecule has 0 bridgehead atoms. The summed E-state index contributed by atoms with van der Waals surface area (Å²) in [4.78, 5) is 14.7. The van der Waals surface area contributed by atoms with Gasteiger partial charge in [-0.3, -0.25) is 4.98 Å². The first-order valence-corrected chi connectivity index (χ1v) is 16.9. The second-order valence-corrected chi connectivity index (χ2v) is 12.4. The fourth-order valence-electron chi connectivity index (χ4n) is 6.87. The van der Waals surface area contributed by atoms with Crippen LogP contribution in [-0.2, 0) is 0 Å². The Bertz CT molecular complexity index is 2550. The zero-order valence-corrected chi connectivity index (χ0v) is 27.2. The van der Waals surface area contributed by atoms with Crippen LogP contribution in [0.3, 0.4) is 0 Å².